The Morgan fingerprint density at radius 2 is 2.10 bits per heavy atom. The Labute approximate surface area is 134 Å². The Balaban J connectivity index is 2.12. The summed E-state index contributed by atoms with van der Waals surface area (Å²) in [5, 5.41) is 2.93. The van der Waals surface area contributed by atoms with E-state index in [-0.39, 0.29) is 5.91 Å². The highest BCUT2D eigenvalue weighted by Gasteiger charge is 2.26. The first-order valence-electron chi connectivity index (χ1n) is 6.06. The molecular formula is C15H12BrNOS2. The molecule has 0 atom stereocenters. The molecule has 5 heteroatoms. The normalized spacial score (nSPS) is 15.6. The van der Waals surface area contributed by atoms with E-state index >= 15 is 0 Å². The topological polar surface area (TPSA) is 29.1 Å². The molecule has 1 amide bonds. The van der Waals surface area contributed by atoms with Crippen LogP contribution in [-0.2, 0) is 4.79 Å². The van der Waals surface area contributed by atoms with Crippen LogP contribution >= 0.6 is 39.0 Å². The van der Waals surface area contributed by atoms with E-state index in [0.29, 0.717) is 0 Å². The van der Waals surface area contributed by atoms with Crippen molar-refractivity contribution in [3.05, 3.63) is 44.7 Å². The summed E-state index contributed by atoms with van der Waals surface area (Å²) in [6.07, 6.45) is 4.03. The number of nitrogens with one attached hydrogen (secondary N) is 1. The first-order chi connectivity index (χ1) is 9.60. The molecule has 0 fully saturated rings. The molecule has 2 aromatic rings. The van der Waals surface area contributed by atoms with E-state index in [1.807, 2.05) is 25.1 Å². The number of fused-ring (bicyclic) bond motifs is 1. The van der Waals surface area contributed by atoms with Gasteiger partial charge in [0.2, 0.25) is 0 Å². The second kappa shape index (κ2) is 5.39. The number of carbonyl (C=O) groups is 1. The Morgan fingerprint density at radius 1 is 1.30 bits per heavy atom. The highest BCUT2D eigenvalue weighted by atomic mass is 79.9. The lowest BCUT2D eigenvalue weighted by atomic mass is 10.0. The summed E-state index contributed by atoms with van der Waals surface area (Å²) in [4.78, 5) is 13.3. The van der Waals surface area contributed by atoms with Crippen molar-refractivity contribution in [2.45, 2.75) is 11.1 Å². The van der Waals surface area contributed by atoms with Crippen LogP contribution < -0.4 is 5.32 Å². The summed E-state index contributed by atoms with van der Waals surface area (Å²) in [6, 6.07) is 8.05. The molecule has 102 valence electrons. The summed E-state index contributed by atoms with van der Waals surface area (Å²) in [5.74, 6) is -0.0275. The number of benzene rings is 1. The summed E-state index contributed by atoms with van der Waals surface area (Å²) in [6.45, 7) is 2.03. The standard InChI is InChI=1S/C15H12BrNOS2/c1-8-11(16)4-5-12-14(8)10(15(18)17-12)7-9-3-6-13(19-2)20-9/h3-7H,1-2H3,(H,17,18). The third-order valence-corrected chi connectivity index (χ3v) is 6.23. The molecule has 1 N–H and O–H groups in total. The van der Waals surface area contributed by atoms with Gasteiger partial charge in [-0.2, -0.15) is 0 Å². The molecule has 0 spiro atoms. The minimum Gasteiger partial charge on any atom is -0.321 e. The molecule has 0 aliphatic carbocycles. The Morgan fingerprint density at radius 3 is 2.80 bits per heavy atom. The van der Waals surface area contributed by atoms with Gasteiger partial charge in [0.1, 0.15) is 0 Å². The fraction of sp³-hybridized carbons (Fsp3) is 0.133. The lowest BCUT2D eigenvalue weighted by Crippen LogP contribution is -2.03. The number of thiophene rings is 1. The Bertz CT molecular complexity index is 733. The van der Waals surface area contributed by atoms with Crippen molar-refractivity contribution in [3.8, 4) is 0 Å². The maximum Gasteiger partial charge on any atom is 0.256 e. The van der Waals surface area contributed by atoms with Crippen molar-refractivity contribution < 1.29 is 4.79 Å². The van der Waals surface area contributed by atoms with Gasteiger partial charge in [-0.05, 0) is 49.1 Å². The molecule has 0 unspecified atom stereocenters. The highest BCUT2D eigenvalue weighted by molar-refractivity contribution is 9.10. The monoisotopic (exact) mass is 365 g/mol. The predicted molar refractivity (Wildman–Crippen MR) is 91.5 cm³/mol. The average Bonchev–Trinajstić information content (AvgIpc) is 3.00. The lowest BCUT2D eigenvalue weighted by molar-refractivity contribution is -0.110. The average molecular weight is 366 g/mol. The molecule has 1 aliphatic heterocycles. The number of hydrogen-bond acceptors (Lipinski definition) is 3. The van der Waals surface area contributed by atoms with Gasteiger partial charge >= 0.3 is 0 Å². The molecule has 1 aromatic carbocycles. The summed E-state index contributed by atoms with van der Waals surface area (Å²) in [5.41, 5.74) is 3.73. The van der Waals surface area contributed by atoms with Gasteiger partial charge in [-0.15, -0.1) is 23.1 Å². The van der Waals surface area contributed by atoms with Gasteiger partial charge in [0.25, 0.3) is 5.91 Å². The molecular weight excluding hydrogens is 354 g/mol. The lowest BCUT2D eigenvalue weighted by Gasteiger charge is -2.05. The van der Waals surface area contributed by atoms with Gasteiger partial charge in [0.15, 0.2) is 0 Å². The van der Waals surface area contributed by atoms with Crippen molar-refractivity contribution in [1.82, 2.24) is 0 Å². The molecule has 0 saturated heterocycles. The molecule has 20 heavy (non-hydrogen) atoms. The van der Waals surface area contributed by atoms with Crippen molar-refractivity contribution in [3.63, 3.8) is 0 Å². The number of hydrogen-bond donors (Lipinski definition) is 1. The quantitative estimate of drug-likeness (QED) is 0.596. The molecule has 0 saturated carbocycles. The fourth-order valence-corrected chi connectivity index (χ4v) is 4.08. The third-order valence-electron chi connectivity index (χ3n) is 3.25. The number of carbonyl (C=O) groups excluding carboxylic acids is 1. The maximum atomic E-state index is 12.2. The largest absolute Gasteiger partial charge is 0.321 e. The van der Waals surface area contributed by atoms with E-state index in [2.05, 4.69) is 39.6 Å². The van der Waals surface area contributed by atoms with E-state index < -0.39 is 0 Å². The predicted octanol–water partition coefficient (Wildman–Crippen LogP) is 5.03. The van der Waals surface area contributed by atoms with Crippen LogP contribution in [0.5, 0.6) is 0 Å². The van der Waals surface area contributed by atoms with Crippen molar-refractivity contribution in [1.29, 1.82) is 0 Å². The zero-order valence-electron chi connectivity index (χ0n) is 11.0. The molecule has 3 rings (SSSR count). The number of rotatable bonds is 2. The van der Waals surface area contributed by atoms with E-state index in [1.54, 1.807) is 23.1 Å². The first kappa shape index (κ1) is 13.9. The van der Waals surface area contributed by atoms with E-state index in [4.69, 9.17) is 0 Å². The van der Waals surface area contributed by atoms with Crippen molar-refractivity contribution >= 4 is 62.3 Å². The van der Waals surface area contributed by atoms with Crippen LogP contribution in [0.1, 0.15) is 16.0 Å². The smallest absolute Gasteiger partial charge is 0.256 e. The SMILES string of the molecule is CSc1ccc(C=C2C(=O)Nc3ccc(Br)c(C)c32)s1. The van der Waals surface area contributed by atoms with Crippen LogP contribution in [0.25, 0.3) is 11.6 Å². The van der Waals surface area contributed by atoms with Gasteiger partial charge in [-0.25, -0.2) is 0 Å². The second-order valence-electron chi connectivity index (χ2n) is 4.47. The van der Waals surface area contributed by atoms with Crippen molar-refractivity contribution in [2.24, 2.45) is 0 Å². The number of halogens is 1. The number of amides is 1. The number of anilines is 1. The fourth-order valence-electron chi connectivity index (χ4n) is 2.24. The minimum absolute atomic E-state index is 0.0275. The van der Waals surface area contributed by atoms with Gasteiger partial charge in [-0.3, -0.25) is 4.79 Å². The molecule has 0 bridgehead atoms. The molecule has 1 aliphatic rings. The third kappa shape index (κ3) is 2.34. The van der Waals surface area contributed by atoms with Crippen LogP contribution in [0.3, 0.4) is 0 Å². The molecule has 1 aromatic heterocycles. The maximum absolute atomic E-state index is 12.2. The second-order valence-corrected chi connectivity index (χ2v) is 7.54. The Kier molecular flexibility index (Phi) is 3.75. The van der Waals surface area contributed by atoms with Crippen molar-refractivity contribution in [2.75, 3.05) is 11.6 Å². The minimum atomic E-state index is -0.0275. The first-order valence-corrected chi connectivity index (χ1v) is 8.90. The zero-order chi connectivity index (χ0) is 14.3. The van der Waals surface area contributed by atoms with E-state index in [0.717, 1.165) is 31.7 Å². The summed E-state index contributed by atoms with van der Waals surface area (Å²) in [7, 11) is 0. The van der Waals surface area contributed by atoms with Gasteiger partial charge in [0.05, 0.1) is 9.78 Å². The zero-order valence-corrected chi connectivity index (χ0v) is 14.2. The Hall–Kier alpha value is -1.04. The highest BCUT2D eigenvalue weighted by Crippen LogP contribution is 2.39. The molecule has 2 nitrogen and oxygen atoms in total. The van der Waals surface area contributed by atoms with Crippen LogP contribution in [0.2, 0.25) is 0 Å². The van der Waals surface area contributed by atoms with Crippen LogP contribution in [0.4, 0.5) is 5.69 Å². The van der Waals surface area contributed by atoms with E-state index in [1.165, 1.54) is 4.21 Å². The molecule has 0 radical (unpaired) electrons. The van der Waals surface area contributed by atoms with Crippen LogP contribution in [-0.4, -0.2) is 12.2 Å². The van der Waals surface area contributed by atoms with Gasteiger partial charge in [0, 0.05) is 20.6 Å². The van der Waals surface area contributed by atoms with Gasteiger partial charge < -0.3 is 5.32 Å². The number of thioether (sulfide) groups is 1. The van der Waals surface area contributed by atoms with Crippen LogP contribution in [0.15, 0.2) is 32.9 Å². The van der Waals surface area contributed by atoms with Gasteiger partial charge in [-0.1, -0.05) is 15.9 Å². The summed E-state index contributed by atoms with van der Waals surface area (Å²) < 4.78 is 2.27. The van der Waals surface area contributed by atoms with E-state index in [9.17, 15) is 4.79 Å². The van der Waals surface area contributed by atoms with Crippen LogP contribution in [0, 0.1) is 6.92 Å². The summed E-state index contributed by atoms with van der Waals surface area (Å²) >= 11 is 6.95. The molecule has 2 heterocycles.